The Morgan fingerprint density at radius 2 is 2.21 bits per heavy atom. The molecule has 9 heteroatoms. The lowest BCUT2D eigenvalue weighted by Gasteiger charge is -2.35. The number of carbonyl (C=O) groups excluding carboxylic acids is 1. The largest absolute Gasteiger partial charge is 0.371 e. The Bertz CT molecular complexity index is 971. The van der Waals surface area contributed by atoms with Crippen molar-refractivity contribution in [1.82, 2.24) is 15.3 Å². The van der Waals surface area contributed by atoms with Gasteiger partial charge in [0.1, 0.15) is 11.6 Å². The first-order valence-electron chi connectivity index (χ1n) is 12.0. The van der Waals surface area contributed by atoms with Crippen LogP contribution in [0, 0.1) is 5.92 Å². The first kappa shape index (κ1) is 24.9. The molecule has 0 spiro atoms. The van der Waals surface area contributed by atoms with Crippen LogP contribution in [0.5, 0.6) is 0 Å². The number of pyridine rings is 2. The van der Waals surface area contributed by atoms with Crippen LogP contribution >= 0.6 is 11.6 Å². The van der Waals surface area contributed by atoms with Crippen LogP contribution in [0.1, 0.15) is 39.5 Å². The molecule has 2 aliphatic rings. The molecule has 3 N–H and O–H groups in total. The quantitative estimate of drug-likeness (QED) is 0.515. The zero-order valence-electron chi connectivity index (χ0n) is 19.9. The summed E-state index contributed by atoms with van der Waals surface area (Å²) >= 11 is 6.43. The number of amides is 1. The van der Waals surface area contributed by atoms with E-state index in [4.69, 9.17) is 26.1 Å². The first-order valence-corrected chi connectivity index (χ1v) is 12.4. The zero-order chi connectivity index (χ0) is 24.0. The van der Waals surface area contributed by atoms with Crippen LogP contribution in [0.25, 0.3) is 11.3 Å². The number of hydrogen-bond acceptors (Lipinski definition) is 7. The number of ether oxygens (including phenoxy) is 2. The molecule has 2 fully saturated rings. The highest BCUT2D eigenvalue weighted by molar-refractivity contribution is 6.33. The van der Waals surface area contributed by atoms with Gasteiger partial charge in [-0.15, -0.1) is 0 Å². The topological polar surface area (TPSA) is 97.4 Å². The Morgan fingerprint density at radius 3 is 2.97 bits per heavy atom. The second kappa shape index (κ2) is 11.4. The molecule has 0 aliphatic carbocycles. The van der Waals surface area contributed by atoms with E-state index in [9.17, 15) is 4.79 Å². The highest BCUT2D eigenvalue weighted by Crippen LogP contribution is 2.29. The fourth-order valence-electron chi connectivity index (χ4n) is 4.16. The molecule has 2 aromatic heterocycles. The van der Waals surface area contributed by atoms with Gasteiger partial charge in [0.05, 0.1) is 35.6 Å². The Morgan fingerprint density at radius 1 is 1.32 bits per heavy atom. The lowest BCUT2D eigenvalue weighted by atomic mass is 9.94. The predicted molar refractivity (Wildman–Crippen MR) is 134 cm³/mol. The van der Waals surface area contributed by atoms with Crippen molar-refractivity contribution in [3.05, 3.63) is 35.5 Å². The van der Waals surface area contributed by atoms with Crippen molar-refractivity contribution in [2.45, 2.75) is 51.2 Å². The average molecular weight is 488 g/mol. The Hall–Kier alpha value is -2.26. The molecule has 2 aliphatic heterocycles. The van der Waals surface area contributed by atoms with Gasteiger partial charge >= 0.3 is 0 Å². The molecule has 4 rings (SSSR count). The summed E-state index contributed by atoms with van der Waals surface area (Å²) in [6, 6.07) is 7.47. The Kier molecular flexibility index (Phi) is 8.37. The first-order chi connectivity index (χ1) is 16.4. The lowest BCUT2D eigenvalue weighted by molar-refractivity contribution is -0.170. The van der Waals surface area contributed by atoms with Crippen LogP contribution in [0.3, 0.4) is 0 Å². The van der Waals surface area contributed by atoms with Gasteiger partial charge in [0.15, 0.2) is 0 Å². The third kappa shape index (κ3) is 7.12. The third-order valence-electron chi connectivity index (χ3n) is 6.16. The highest BCUT2D eigenvalue weighted by Gasteiger charge is 2.28. The van der Waals surface area contributed by atoms with E-state index < -0.39 is 0 Å². The molecule has 184 valence electrons. The summed E-state index contributed by atoms with van der Waals surface area (Å²) in [5, 5.41) is 10.1. The fraction of sp³-hybridized carbons (Fsp3) is 0.560. The molecule has 2 atom stereocenters. The summed E-state index contributed by atoms with van der Waals surface area (Å²) in [6.45, 7) is 7.79. The molecule has 2 saturated heterocycles. The SMILES string of the molecule is CC1(C)COC(CNc2cccc(-c3cc(NC(=O)CCC4CCCNC4)ncc3Cl)n2)CO1. The van der Waals surface area contributed by atoms with E-state index in [0.717, 1.165) is 19.5 Å². The van der Waals surface area contributed by atoms with Gasteiger partial charge in [0.25, 0.3) is 0 Å². The summed E-state index contributed by atoms with van der Waals surface area (Å²) in [4.78, 5) is 21.4. The van der Waals surface area contributed by atoms with Crippen molar-refractivity contribution in [3.8, 4) is 11.3 Å². The molecule has 0 aromatic carbocycles. The number of nitrogens with one attached hydrogen (secondary N) is 3. The van der Waals surface area contributed by atoms with Gasteiger partial charge in [-0.1, -0.05) is 17.7 Å². The van der Waals surface area contributed by atoms with E-state index in [0.29, 0.717) is 60.0 Å². The van der Waals surface area contributed by atoms with E-state index in [1.807, 2.05) is 32.0 Å². The summed E-state index contributed by atoms with van der Waals surface area (Å²) in [6.07, 6.45) is 5.23. The molecular formula is C25H34ClN5O3. The number of piperidine rings is 1. The van der Waals surface area contributed by atoms with E-state index in [2.05, 4.69) is 20.9 Å². The van der Waals surface area contributed by atoms with Crippen molar-refractivity contribution >= 4 is 29.1 Å². The van der Waals surface area contributed by atoms with Crippen molar-refractivity contribution in [3.63, 3.8) is 0 Å². The molecule has 1 amide bonds. The van der Waals surface area contributed by atoms with Crippen LogP contribution in [0.4, 0.5) is 11.6 Å². The second-order valence-electron chi connectivity index (χ2n) is 9.64. The van der Waals surface area contributed by atoms with Crippen LogP contribution in [-0.2, 0) is 14.3 Å². The minimum absolute atomic E-state index is 0.0331. The number of anilines is 2. The zero-order valence-corrected chi connectivity index (χ0v) is 20.7. The normalized spacial score (nSPS) is 22.2. The minimum atomic E-state index is -0.243. The number of rotatable bonds is 8. The molecule has 0 bridgehead atoms. The summed E-state index contributed by atoms with van der Waals surface area (Å²) < 4.78 is 11.7. The van der Waals surface area contributed by atoms with Crippen molar-refractivity contribution in [2.24, 2.45) is 5.92 Å². The van der Waals surface area contributed by atoms with Gasteiger partial charge in [-0.2, -0.15) is 0 Å². The number of carbonyl (C=O) groups is 1. The molecule has 4 heterocycles. The average Bonchev–Trinajstić information content (AvgIpc) is 2.84. The van der Waals surface area contributed by atoms with Gasteiger partial charge in [-0.05, 0) is 70.3 Å². The number of hydrogen-bond donors (Lipinski definition) is 3. The maximum atomic E-state index is 12.5. The third-order valence-corrected chi connectivity index (χ3v) is 6.47. The smallest absolute Gasteiger partial charge is 0.225 e. The number of halogens is 1. The summed E-state index contributed by atoms with van der Waals surface area (Å²) in [5.41, 5.74) is 1.17. The molecule has 34 heavy (non-hydrogen) atoms. The monoisotopic (exact) mass is 487 g/mol. The second-order valence-corrected chi connectivity index (χ2v) is 10.0. The fourth-order valence-corrected chi connectivity index (χ4v) is 4.36. The van der Waals surface area contributed by atoms with Gasteiger partial charge in [0, 0.05) is 24.7 Å². The molecule has 0 radical (unpaired) electrons. The molecule has 2 unspecified atom stereocenters. The van der Waals surface area contributed by atoms with Crippen molar-refractivity contribution < 1.29 is 14.3 Å². The van der Waals surface area contributed by atoms with Gasteiger partial charge < -0.3 is 25.4 Å². The standard InChI is InChI=1S/C25H34ClN5O3/c1-25(2)16-33-18(15-34-25)13-28-22-7-3-6-21(30-22)19-11-23(29-14-20(19)26)31-24(32)9-8-17-5-4-10-27-12-17/h3,6-7,11,14,17-18,27H,4-5,8-10,12-13,15-16H2,1-2H3,(H,28,30)(H,29,31,32). The Balaban J connectivity index is 1.35. The van der Waals surface area contributed by atoms with Crippen LogP contribution in [0.2, 0.25) is 5.02 Å². The molecule has 2 aromatic rings. The van der Waals surface area contributed by atoms with Gasteiger partial charge in [-0.25, -0.2) is 9.97 Å². The number of aromatic nitrogens is 2. The van der Waals surface area contributed by atoms with E-state index in [1.54, 1.807) is 12.3 Å². The van der Waals surface area contributed by atoms with Gasteiger partial charge in [0.2, 0.25) is 5.91 Å². The van der Waals surface area contributed by atoms with Crippen LogP contribution < -0.4 is 16.0 Å². The predicted octanol–water partition coefficient (Wildman–Crippen LogP) is 4.12. The maximum absolute atomic E-state index is 12.5. The maximum Gasteiger partial charge on any atom is 0.225 e. The summed E-state index contributed by atoms with van der Waals surface area (Å²) in [5.74, 6) is 1.71. The van der Waals surface area contributed by atoms with Crippen molar-refractivity contribution in [2.75, 3.05) is 43.5 Å². The van der Waals surface area contributed by atoms with Gasteiger partial charge in [-0.3, -0.25) is 4.79 Å². The summed E-state index contributed by atoms with van der Waals surface area (Å²) in [7, 11) is 0. The van der Waals surface area contributed by atoms with E-state index in [1.165, 1.54) is 12.8 Å². The Labute approximate surface area is 206 Å². The van der Waals surface area contributed by atoms with E-state index in [-0.39, 0.29) is 17.6 Å². The molecular weight excluding hydrogens is 454 g/mol. The lowest BCUT2D eigenvalue weighted by Crippen LogP contribution is -2.44. The minimum Gasteiger partial charge on any atom is -0.371 e. The van der Waals surface area contributed by atoms with E-state index >= 15 is 0 Å². The highest BCUT2D eigenvalue weighted by atomic mass is 35.5. The van der Waals surface area contributed by atoms with Crippen LogP contribution in [0.15, 0.2) is 30.5 Å². The molecule has 0 saturated carbocycles. The number of nitrogens with zero attached hydrogens (tertiary/aromatic N) is 2. The van der Waals surface area contributed by atoms with Crippen LogP contribution in [-0.4, -0.2) is 60.4 Å². The van der Waals surface area contributed by atoms with Crippen molar-refractivity contribution in [1.29, 1.82) is 0 Å². The molecule has 8 nitrogen and oxygen atoms in total.